The Morgan fingerprint density at radius 3 is 2.50 bits per heavy atom. The van der Waals surface area contributed by atoms with E-state index in [-0.39, 0.29) is 18.5 Å². The Morgan fingerprint density at radius 1 is 1.35 bits per heavy atom. The van der Waals surface area contributed by atoms with Crippen LogP contribution in [0.1, 0.15) is 31.9 Å². The summed E-state index contributed by atoms with van der Waals surface area (Å²) in [6, 6.07) is 2.76. The summed E-state index contributed by atoms with van der Waals surface area (Å²) in [5.74, 6) is -2.46. The zero-order valence-corrected chi connectivity index (χ0v) is 11.2. The third-order valence-corrected chi connectivity index (χ3v) is 3.40. The zero-order valence-electron chi connectivity index (χ0n) is 11.2. The quantitative estimate of drug-likeness (QED) is 0.860. The summed E-state index contributed by atoms with van der Waals surface area (Å²) >= 11 is 0. The molecule has 1 aliphatic heterocycles. The van der Waals surface area contributed by atoms with Crippen molar-refractivity contribution in [2.45, 2.75) is 26.4 Å². The number of rotatable bonds is 3. The number of amides is 2. The Balaban J connectivity index is 2.18. The molecule has 0 bridgehead atoms. The van der Waals surface area contributed by atoms with Crippen molar-refractivity contribution >= 4 is 11.8 Å². The van der Waals surface area contributed by atoms with Crippen molar-refractivity contribution in [3.05, 3.63) is 35.4 Å². The van der Waals surface area contributed by atoms with Gasteiger partial charge in [0, 0.05) is 18.1 Å². The highest BCUT2D eigenvalue weighted by atomic mass is 19.1. The van der Waals surface area contributed by atoms with Gasteiger partial charge in [-0.3, -0.25) is 14.5 Å². The van der Waals surface area contributed by atoms with Gasteiger partial charge in [-0.2, -0.15) is 0 Å². The molecular formula is C14H15F2NO3. The van der Waals surface area contributed by atoms with Gasteiger partial charge in [0.25, 0.3) is 0 Å². The first-order valence-electron chi connectivity index (χ1n) is 6.20. The highest BCUT2D eigenvalue weighted by molar-refractivity contribution is 6.05. The Bertz CT molecular complexity index is 572. The van der Waals surface area contributed by atoms with E-state index in [4.69, 9.17) is 0 Å². The lowest BCUT2D eigenvalue weighted by Gasteiger charge is -2.21. The molecule has 1 saturated heterocycles. The minimum Gasteiger partial charge on any atom is -0.386 e. The molecule has 0 aromatic heterocycles. The summed E-state index contributed by atoms with van der Waals surface area (Å²) in [5.41, 5.74) is -0.949. The maximum atomic E-state index is 13.5. The first-order chi connectivity index (χ1) is 9.22. The molecule has 1 atom stereocenters. The number of likely N-dealkylation sites (tertiary alicyclic amines) is 1. The highest BCUT2D eigenvalue weighted by Crippen LogP contribution is 2.33. The van der Waals surface area contributed by atoms with E-state index in [0.717, 1.165) is 17.0 Å². The van der Waals surface area contributed by atoms with E-state index in [2.05, 4.69) is 0 Å². The lowest BCUT2D eigenvalue weighted by atomic mass is 9.92. The van der Waals surface area contributed by atoms with Gasteiger partial charge in [-0.15, -0.1) is 0 Å². The summed E-state index contributed by atoms with van der Waals surface area (Å²) in [6.45, 7) is 2.94. The molecule has 1 fully saturated rings. The van der Waals surface area contributed by atoms with Crippen LogP contribution in [0.3, 0.4) is 0 Å². The van der Waals surface area contributed by atoms with E-state index in [1.165, 1.54) is 0 Å². The molecule has 0 radical (unpaired) electrons. The average molecular weight is 283 g/mol. The second-order valence-electron chi connectivity index (χ2n) is 5.55. The van der Waals surface area contributed by atoms with Crippen molar-refractivity contribution in [2.75, 3.05) is 6.54 Å². The third-order valence-electron chi connectivity index (χ3n) is 3.40. The van der Waals surface area contributed by atoms with Crippen LogP contribution in [-0.4, -0.2) is 28.4 Å². The predicted molar refractivity (Wildman–Crippen MR) is 66.4 cm³/mol. The summed E-state index contributed by atoms with van der Waals surface area (Å²) in [7, 11) is 0. The first kappa shape index (κ1) is 14.6. The van der Waals surface area contributed by atoms with Gasteiger partial charge in [-0.25, -0.2) is 8.78 Å². The van der Waals surface area contributed by atoms with Gasteiger partial charge in [0.05, 0.1) is 18.1 Å². The minimum atomic E-state index is -1.38. The van der Waals surface area contributed by atoms with E-state index in [1.807, 2.05) is 0 Å². The molecule has 2 rings (SSSR count). The van der Waals surface area contributed by atoms with E-state index in [0.29, 0.717) is 6.07 Å². The SMILES string of the molecule is CC1(C)CC(=O)N(CC(O)c2ccc(F)cc2F)C1=O. The van der Waals surface area contributed by atoms with Gasteiger partial charge in [0.15, 0.2) is 0 Å². The second kappa shape index (κ2) is 4.94. The van der Waals surface area contributed by atoms with E-state index < -0.39 is 35.0 Å². The maximum absolute atomic E-state index is 13.5. The van der Waals surface area contributed by atoms with Crippen molar-refractivity contribution in [2.24, 2.45) is 5.41 Å². The Morgan fingerprint density at radius 2 is 2.00 bits per heavy atom. The van der Waals surface area contributed by atoms with E-state index in [1.54, 1.807) is 13.8 Å². The van der Waals surface area contributed by atoms with Gasteiger partial charge in [0.1, 0.15) is 11.6 Å². The van der Waals surface area contributed by atoms with E-state index >= 15 is 0 Å². The van der Waals surface area contributed by atoms with Crippen molar-refractivity contribution in [3.8, 4) is 0 Å². The Hall–Kier alpha value is -1.82. The van der Waals surface area contributed by atoms with Crippen LogP contribution in [0.15, 0.2) is 18.2 Å². The maximum Gasteiger partial charge on any atom is 0.235 e. The smallest absolute Gasteiger partial charge is 0.235 e. The highest BCUT2D eigenvalue weighted by Gasteiger charge is 2.45. The third kappa shape index (κ3) is 2.56. The average Bonchev–Trinajstić information content (AvgIpc) is 2.51. The lowest BCUT2D eigenvalue weighted by Crippen LogP contribution is -2.36. The number of imide groups is 1. The van der Waals surface area contributed by atoms with Crippen LogP contribution >= 0.6 is 0 Å². The number of hydrogen-bond acceptors (Lipinski definition) is 3. The minimum absolute atomic E-state index is 0.0600. The molecule has 1 N–H and O–H groups in total. The van der Waals surface area contributed by atoms with Crippen molar-refractivity contribution in [1.82, 2.24) is 4.90 Å². The fraction of sp³-hybridized carbons (Fsp3) is 0.429. The topological polar surface area (TPSA) is 57.6 Å². The number of hydrogen-bond donors (Lipinski definition) is 1. The molecule has 1 heterocycles. The van der Waals surface area contributed by atoms with Crippen molar-refractivity contribution in [3.63, 3.8) is 0 Å². The van der Waals surface area contributed by atoms with Crippen LogP contribution in [-0.2, 0) is 9.59 Å². The summed E-state index contributed by atoms with van der Waals surface area (Å²) in [6.07, 6.45) is -1.32. The molecule has 0 aliphatic carbocycles. The van der Waals surface area contributed by atoms with Gasteiger partial charge >= 0.3 is 0 Å². The molecule has 6 heteroatoms. The number of benzene rings is 1. The molecule has 1 aromatic rings. The number of aliphatic hydroxyl groups is 1. The van der Waals surface area contributed by atoms with Crippen molar-refractivity contribution < 1.29 is 23.5 Å². The monoisotopic (exact) mass is 283 g/mol. The number of nitrogens with zero attached hydrogens (tertiary/aromatic N) is 1. The van der Waals surface area contributed by atoms with Crippen molar-refractivity contribution in [1.29, 1.82) is 0 Å². The fourth-order valence-electron chi connectivity index (χ4n) is 2.26. The van der Waals surface area contributed by atoms with Gasteiger partial charge < -0.3 is 5.11 Å². The van der Waals surface area contributed by atoms with Crippen LogP contribution in [0.25, 0.3) is 0 Å². The number of carbonyl (C=O) groups is 2. The van der Waals surface area contributed by atoms with Gasteiger partial charge in [0.2, 0.25) is 11.8 Å². The Labute approximate surface area is 115 Å². The molecule has 20 heavy (non-hydrogen) atoms. The van der Waals surface area contributed by atoms with Crippen LogP contribution in [0.5, 0.6) is 0 Å². The number of halogens is 2. The summed E-state index contributed by atoms with van der Waals surface area (Å²) in [4.78, 5) is 24.7. The van der Waals surface area contributed by atoms with Gasteiger partial charge in [-0.1, -0.05) is 19.9 Å². The summed E-state index contributed by atoms with van der Waals surface area (Å²) in [5, 5.41) is 9.95. The summed E-state index contributed by atoms with van der Waals surface area (Å²) < 4.78 is 26.3. The Kier molecular flexibility index (Phi) is 3.60. The van der Waals surface area contributed by atoms with Crippen LogP contribution < -0.4 is 0 Å². The molecule has 1 unspecified atom stereocenters. The largest absolute Gasteiger partial charge is 0.386 e. The number of aliphatic hydroxyl groups excluding tert-OH is 1. The molecular weight excluding hydrogens is 268 g/mol. The molecule has 4 nitrogen and oxygen atoms in total. The zero-order chi connectivity index (χ0) is 15.1. The second-order valence-corrected chi connectivity index (χ2v) is 5.55. The molecule has 2 amide bonds. The van der Waals surface area contributed by atoms with Crippen LogP contribution in [0.2, 0.25) is 0 Å². The first-order valence-corrected chi connectivity index (χ1v) is 6.20. The molecule has 0 spiro atoms. The van der Waals surface area contributed by atoms with E-state index in [9.17, 15) is 23.5 Å². The van der Waals surface area contributed by atoms with Crippen LogP contribution in [0.4, 0.5) is 8.78 Å². The number of β-amino-alcohol motifs (C(OH)–C–C–N with tert-alkyl or cyclic N) is 1. The molecule has 0 saturated carbocycles. The van der Waals surface area contributed by atoms with Gasteiger partial charge in [-0.05, 0) is 6.07 Å². The normalized spacial score (nSPS) is 19.6. The standard InChI is InChI=1S/C14H15F2NO3/c1-14(2)6-12(19)17(13(14)20)7-11(18)9-4-3-8(15)5-10(9)16/h3-5,11,18H,6-7H2,1-2H3. The lowest BCUT2D eigenvalue weighted by molar-refractivity contribution is -0.142. The fourth-order valence-corrected chi connectivity index (χ4v) is 2.26. The molecule has 1 aromatic carbocycles. The van der Waals surface area contributed by atoms with Crippen LogP contribution in [0, 0.1) is 17.0 Å². The molecule has 1 aliphatic rings. The number of carbonyl (C=O) groups excluding carboxylic acids is 2. The predicted octanol–water partition coefficient (Wildman–Crippen LogP) is 1.78. The molecule has 108 valence electrons.